The zero-order chi connectivity index (χ0) is 15.6. The van der Waals surface area contributed by atoms with Crippen molar-refractivity contribution < 1.29 is 14.6 Å². The Morgan fingerprint density at radius 2 is 1.90 bits per heavy atom. The molecule has 0 bridgehead atoms. The van der Waals surface area contributed by atoms with Crippen LogP contribution in [-0.4, -0.2) is 75.3 Å². The summed E-state index contributed by atoms with van der Waals surface area (Å²) in [4.78, 5) is 2.46. The molecule has 1 aliphatic rings. The predicted molar refractivity (Wildman–Crippen MR) is 85.7 cm³/mol. The Morgan fingerprint density at radius 1 is 1.24 bits per heavy atom. The third-order valence-corrected chi connectivity index (χ3v) is 4.55. The van der Waals surface area contributed by atoms with Gasteiger partial charge < -0.3 is 19.9 Å². The summed E-state index contributed by atoms with van der Waals surface area (Å²) >= 11 is 0. The summed E-state index contributed by atoms with van der Waals surface area (Å²) in [6, 6.07) is 0.501. The number of hydrogen-bond donors (Lipinski definition) is 2. The van der Waals surface area contributed by atoms with Gasteiger partial charge in [-0.05, 0) is 38.6 Å². The normalized spacial score (nSPS) is 26.4. The summed E-state index contributed by atoms with van der Waals surface area (Å²) in [7, 11) is 3.49. The number of rotatable bonds is 11. The Labute approximate surface area is 130 Å². The molecule has 0 aromatic carbocycles. The fourth-order valence-electron chi connectivity index (χ4n) is 3.29. The van der Waals surface area contributed by atoms with Crippen molar-refractivity contribution in [1.82, 2.24) is 10.2 Å². The summed E-state index contributed by atoms with van der Waals surface area (Å²) in [6.45, 7) is 6.72. The summed E-state index contributed by atoms with van der Waals surface area (Å²) in [5, 5.41) is 13.5. The number of aliphatic hydroxyl groups is 1. The zero-order valence-corrected chi connectivity index (χ0v) is 14.1. The van der Waals surface area contributed by atoms with Crippen LogP contribution in [0.4, 0.5) is 0 Å². The Morgan fingerprint density at radius 3 is 2.43 bits per heavy atom. The highest BCUT2D eigenvalue weighted by atomic mass is 16.5. The molecule has 1 rings (SSSR count). The summed E-state index contributed by atoms with van der Waals surface area (Å²) < 4.78 is 10.5. The fraction of sp³-hybridized carbons (Fsp3) is 1.00. The van der Waals surface area contributed by atoms with Crippen LogP contribution in [0.1, 0.15) is 39.0 Å². The first kappa shape index (κ1) is 18.8. The van der Waals surface area contributed by atoms with Crippen molar-refractivity contribution >= 4 is 0 Å². The van der Waals surface area contributed by atoms with Gasteiger partial charge in [0.05, 0.1) is 19.8 Å². The summed E-state index contributed by atoms with van der Waals surface area (Å²) in [5.74, 6) is 0. The molecule has 0 saturated heterocycles. The van der Waals surface area contributed by atoms with Crippen LogP contribution in [0.25, 0.3) is 0 Å². The topological polar surface area (TPSA) is 54.0 Å². The highest BCUT2D eigenvalue weighted by Gasteiger charge is 2.37. The maximum atomic E-state index is 9.89. The van der Waals surface area contributed by atoms with Gasteiger partial charge in [0, 0.05) is 38.9 Å². The molecular weight excluding hydrogens is 268 g/mol. The highest BCUT2D eigenvalue weighted by Crippen LogP contribution is 2.31. The van der Waals surface area contributed by atoms with Crippen molar-refractivity contribution in [2.24, 2.45) is 0 Å². The van der Waals surface area contributed by atoms with Crippen LogP contribution in [0.15, 0.2) is 0 Å². The molecule has 21 heavy (non-hydrogen) atoms. The van der Waals surface area contributed by atoms with E-state index < -0.39 is 0 Å². The van der Waals surface area contributed by atoms with E-state index >= 15 is 0 Å². The predicted octanol–water partition coefficient (Wildman–Crippen LogP) is 1.25. The highest BCUT2D eigenvalue weighted by molar-refractivity contribution is 4.96. The van der Waals surface area contributed by atoms with Gasteiger partial charge in [-0.25, -0.2) is 0 Å². The molecule has 0 aliphatic heterocycles. The van der Waals surface area contributed by atoms with Gasteiger partial charge in [-0.15, -0.1) is 0 Å². The van der Waals surface area contributed by atoms with Gasteiger partial charge >= 0.3 is 0 Å². The Kier molecular flexibility index (Phi) is 9.44. The molecule has 2 N–H and O–H groups in total. The van der Waals surface area contributed by atoms with E-state index in [4.69, 9.17) is 9.47 Å². The molecule has 1 saturated carbocycles. The lowest BCUT2D eigenvalue weighted by molar-refractivity contribution is 0.0332. The molecule has 0 amide bonds. The van der Waals surface area contributed by atoms with Crippen LogP contribution < -0.4 is 5.32 Å². The van der Waals surface area contributed by atoms with Gasteiger partial charge in [-0.3, -0.25) is 4.90 Å². The molecule has 0 aromatic heterocycles. The van der Waals surface area contributed by atoms with E-state index in [9.17, 15) is 5.11 Å². The van der Waals surface area contributed by atoms with E-state index in [2.05, 4.69) is 17.1 Å². The van der Waals surface area contributed by atoms with Crippen LogP contribution in [0.2, 0.25) is 0 Å². The van der Waals surface area contributed by atoms with Crippen LogP contribution in [0, 0.1) is 0 Å². The van der Waals surface area contributed by atoms with Gasteiger partial charge in [0.25, 0.3) is 0 Å². The van der Waals surface area contributed by atoms with Crippen LogP contribution in [0.3, 0.4) is 0 Å². The molecule has 0 heterocycles. The van der Waals surface area contributed by atoms with E-state index in [1.807, 2.05) is 0 Å². The van der Waals surface area contributed by atoms with Crippen molar-refractivity contribution in [3.8, 4) is 0 Å². The largest absolute Gasteiger partial charge is 0.394 e. The summed E-state index contributed by atoms with van der Waals surface area (Å²) in [6.07, 6.45) is 5.55. The average molecular weight is 302 g/mol. The maximum absolute atomic E-state index is 9.89. The zero-order valence-electron chi connectivity index (χ0n) is 14.1. The molecule has 0 aromatic rings. The van der Waals surface area contributed by atoms with Crippen LogP contribution in [0.5, 0.6) is 0 Å². The van der Waals surface area contributed by atoms with E-state index in [1.165, 1.54) is 12.8 Å². The minimum atomic E-state index is -0.0999. The fourth-order valence-corrected chi connectivity index (χ4v) is 3.29. The first-order valence-corrected chi connectivity index (χ1v) is 8.29. The van der Waals surface area contributed by atoms with Crippen molar-refractivity contribution in [2.75, 3.05) is 53.7 Å². The monoisotopic (exact) mass is 302 g/mol. The lowest BCUT2D eigenvalue weighted by Gasteiger charge is -2.44. The third-order valence-electron chi connectivity index (χ3n) is 4.55. The van der Waals surface area contributed by atoms with Crippen molar-refractivity contribution in [3.63, 3.8) is 0 Å². The van der Waals surface area contributed by atoms with E-state index in [1.54, 1.807) is 14.2 Å². The van der Waals surface area contributed by atoms with Crippen molar-refractivity contribution in [3.05, 3.63) is 0 Å². The lowest BCUT2D eigenvalue weighted by atomic mass is 9.78. The van der Waals surface area contributed by atoms with Crippen LogP contribution in [-0.2, 0) is 9.47 Å². The minimum absolute atomic E-state index is 0.0999. The number of nitrogens with one attached hydrogen (secondary N) is 1. The first-order chi connectivity index (χ1) is 10.2. The van der Waals surface area contributed by atoms with E-state index in [0.29, 0.717) is 6.04 Å². The van der Waals surface area contributed by atoms with Gasteiger partial charge in [0.2, 0.25) is 0 Å². The van der Waals surface area contributed by atoms with Crippen molar-refractivity contribution in [1.29, 1.82) is 0 Å². The quantitative estimate of drug-likeness (QED) is 0.602. The minimum Gasteiger partial charge on any atom is -0.394 e. The number of ether oxygens (including phenoxy) is 2. The van der Waals surface area contributed by atoms with Gasteiger partial charge in [-0.2, -0.15) is 0 Å². The molecule has 1 fully saturated rings. The molecule has 5 nitrogen and oxygen atoms in total. The number of nitrogens with zero attached hydrogens (tertiary/aromatic N) is 1. The standard InChI is InChI=1S/C16H34N2O3/c1-4-8-17-16(14-19)7-5-6-15(13-16)18(9-11-20-2)10-12-21-3/h15,17,19H,4-14H2,1-3H3. The SMILES string of the molecule is CCCNC1(CO)CCCC(N(CCOC)CCOC)C1. The molecule has 126 valence electrons. The van der Waals surface area contributed by atoms with E-state index in [0.717, 1.165) is 52.1 Å². The summed E-state index contributed by atoms with van der Waals surface area (Å²) in [5.41, 5.74) is -0.0999. The molecule has 2 unspecified atom stereocenters. The lowest BCUT2D eigenvalue weighted by Crippen LogP contribution is -2.56. The molecular formula is C16H34N2O3. The second-order valence-electron chi connectivity index (χ2n) is 6.14. The second-order valence-corrected chi connectivity index (χ2v) is 6.14. The van der Waals surface area contributed by atoms with Crippen molar-refractivity contribution in [2.45, 2.75) is 50.6 Å². The third kappa shape index (κ3) is 6.20. The van der Waals surface area contributed by atoms with Gasteiger partial charge in [0.15, 0.2) is 0 Å². The first-order valence-electron chi connectivity index (χ1n) is 8.29. The maximum Gasteiger partial charge on any atom is 0.0613 e. The second kappa shape index (κ2) is 10.5. The number of aliphatic hydroxyl groups excluding tert-OH is 1. The number of hydrogen-bond acceptors (Lipinski definition) is 5. The molecule has 2 atom stereocenters. The molecule has 5 heteroatoms. The van der Waals surface area contributed by atoms with Gasteiger partial charge in [-0.1, -0.05) is 6.92 Å². The molecule has 0 radical (unpaired) electrons. The average Bonchev–Trinajstić information content (AvgIpc) is 2.53. The molecule has 0 spiro atoms. The van der Waals surface area contributed by atoms with Gasteiger partial charge in [0.1, 0.15) is 0 Å². The smallest absolute Gasteiger partial charge is 0.0613 e. The Balaban J connectivity index is 2.63. The van der Waals surface area contributed by atoms with E-state index in [-0.39, 0.29) is 12.1 Å². The van der Waals surface area contributed by atoms with Crippen LogP contribution >= 0.6 is 0 Å². The Hall–Kier alpha value is -0.200. The number of methoxy groups -OCH3 is 2. The molecule has 1 aliphatic carbocycles. The Bertz CT molecular complexity index is 258.